The summed E-state index contributed by atoms with van der Waals surface area (Å²) in [6.07, 6.45) is 0. The molecule has 0 fully saturated rings. The van der Waals surface area contributed by atoms with Crippen LogP contribution in [0.3, 0.4) is 0 Å². The third-order valence-electron chi connectivity index (χ3n) is 2.86. The molecule has 0 saturated heterocycles. The van der Waals surface area contributed by atoms with E-state index < -0.39 is 11.5 Å². The predicted octanol–water partition coefficient (Wildman–Crippen LogP) is 1.10. The zero-order valence-corrected chi connectivity index (χ0v) is 11.7. The summed E-state index contributed by atoms with van der Waals surface area (Å²) in [5, 5.41) is 28.3. The lowest BCUT2D eigenvalue weighted by Crippen LogP contribution is -2.33. The molecule has 1 aromatic rings. The first kappa shape index (κ1) is 14.7. The Labute approximate surface area is 120 Å². The minimum atomic E-state index is -1.15. The maximum Gasteiger partial charge on any atom is 0.332 e. The number of aliphatic imine (C=N–C) groups is 1. The molecule has 1 aromatic carbocycles. The smallest absolute Gasteiger partial charge is 0.332 e. The van der Waals surface area contributed by atoms with Gasteiger partial charge in [-0.25, -0.2) is 4.79 Å². The van der Waals surface area contributed by atoms with Crippen molar-refractivity contribution in [2.24, 2.45) is 4.99 Å². The molecule has 0 unspecified atom stereocenters. The Morgan fingerprint density at radius 2 is 2.30 bits per heavy atom. The standard InChI is InChI=1S/C13H15NO5S/c1-13(12(17)18)7-20-11(14-13)9-3-2-8(6-10(9)16)19-5-4-15/h2-3,6,15-16H,4-5,7H2,1H3,(H,17,18)/t13-/m1/s1. The lowest BCUT2D eigenvalue weighted by Gasteiger charge is -2.11. The van der Waals surface area contributed by atoms with Crippen molar-refractivity contribution in [3.63, 3.8) is 0 Å². The van der Waals surface area contributed by atoms with Crippen LogP contribution in [0.5, 0.6) is 11.5 Å². The fourth-order valence-electron chi connectivity index (χ4n) is 1.69. The second kappa shape index (κ2) is 5.72. The van der Waals surface area contributed by atoms with Gasteiger partial charge in [0.1, 0.15) is 23.1 Å². The summed E-state index contributed by atoms with van der Waals surface area (Å²) in [7, 11) is 0. The van der Waals surface area contributed by atoms with Gasteiger partial charge in [0.25, 0.3) is 0 Å². The number of aromatic hydroxyl groups is 1. The van der Waals surface area contributed by atoms with Crippen molar-refractivity contribution in [2.75, 3.05) is 19.0 Å². The van der Waals surface area contributed by atoms with Crippen molar-refractivity contribution in [2.45, 2.75) is 12.5 Å². The number of carboxylic acid groups (broad SMARTS) is 1. The van der Waals surface area contributed by atoms with Crippen LogP contribution < -0.4 is 4.74 Å². The highest BCUT2D eigenvalue weighted by Gasteiger charge is 2.38. The number of phenolic OH excluding ortho intramolecular Hbond substituents is 1. The minimum absolute atomic E-state index is 0.0265. The number of aliphatic hydroxyl groups is 1. The number of aliphatic carboxylic acids is 1. The van der Waals surface area contributed by atoms with Gasteiger partial charge >= 0.3 is 5.97 Å². The van der Waals surface area contributed by atoms with Crippen LogP contribution in [0.25, 0.3) is 0 Å². The normalized spacial score (nSPS) is 21.6. The number of thioether (sulfide) groups is 1. The molecule has 0 amide bonds. The zero-order chi connectivity index (χ0) is 14.8. The Morgan fingerprint density at radius 1 is 1.55 bits per heavy atom. The second-order valence-electron chi connectivity index (χ2n) is 4.54. The first-order chi connectivity index (χ1) is 9.46. The van der Waals surface area contributed by atoms with Gasteiger partial charge in [0.2, 0.25) is 0 Å². The van der Waals surface area contributed by atoms with E-state index in [1.165, 1.54) is 17.8 Å². The predicted molar refractivity (Wildman–Crippen MR) is 75.7 cm³/mol. The highest BCUT2D eigenvalue weighted by atomic mass is 32.2. The summed E-state index contributed by atoms with van der Waals surface area (Å²) in [6.45, 7) is 1.58. The van der Waals surface area contributed by atoms with E-state index in [0.29, 0.717) is 22.1 Å². The second-order valence-corrected chi connectivity index (χ2v) is 5.50. The van der Waals surface area contributed by atoms with Crippen LogP contribution in [0.1, 0.15) is 12.5 Å². The summed E-state index contributed by atoms with van der Waals surface area (Å²) in [5.74, 6) is -0.242. The number of hydrogen-bond acceptors (Lipinski definition) is 6. The molecule has 108 valence electrons. The molecule has 1 aliphatic heterocycles. The summed E-state index contributed by atoms with van der Waals surface area (Å²) in [4.78, 5) is 15.3. The van der Waals surface area contributed by atoms with E-state index in [9.17, 15) is 9.90 Å². The SMILES string of the molecule is C[C@]1(C(=O)O)CSC(c2ccc(OCCO)cc2O)=N1. The Balaban J connectivity index is 2.24. The van der Waals surface area contributed by atoms with E-state index in [1.54, 1.807) is 19.1 Å². The lowest BCUT2D eigenvalue weighted by molar-refractivity contribution is -0.141. The average Bonchev–Trinajstić information content (AvgIpc) is 2.80. The molecule has 1 aliphatic rings. The highest BCUT2D eigenvalue weighted by molar-refractivity contribution is 8.14. The van der Waals surface area contributed by atoms with Crippen LogP contribution in [0.4, 0.5) is 0 Å². The van der Waals surface area contributed by atoms with Crippen molar-refractivity contribution in [1.82, 2.24) is 0 Å². The van der Waals surface area contributed by atoms with Crippen LogP contribution in [-0.2, 0) is 4.79 Å². The number of carbonyl (C=O) groups is 1. The third kappa shape index (κ3) is 2.88. The number of rotatable bonds is 5. The number of hydrogen-bond donors (Lipinski definition) is 3. The highest BCUT2D eigenvalue weighted by Crippen LogP contribution is 2.35. The summed E-state index contributed by atoms with van der Waals surface area (Å²) in [6, 6.07) is 4.69. The molecule has 3 N–H and O–H groups in total. The Bertz CT molecular complexity index is 560. The van der Waals surface area contributed by atoms with Gasteiger partial charge in [-0.3, -0.25) is 4.99 Å². The number of ether oxygens (including phenoxy) is 1. The fraction of sp³-hybridized carbons (Fsp3) is 0.385. The van der Waals surface area contributed by atoms with Gasteiger partial charge in [-0.05, 0) is 19.1 Å². The zero-order valence-electron chi connectivity index (χ0n) is 10.9. The number of carboxylic acids is 1. The molecule has 0 radical (unpaired) electrons. The molecule has 6 nitrogen and oxygen atoms in total. The lowest BCUT2D eigenvalue weighted by atomic mass is 10.1. The van der Waals surface area contributed by atoms with Gasteiger partial charge in [0, 0.05) is 17.4 Å². The minimum Gasteiger partial charge on any atom is -0.507 e. The third-order valence-corrected chi connectivity index (χ3v) is 4.15. The molecule has 2 rings (SSSR count). The van der Waals surface area contributed by atoms with Crippen molar-refractivity contribution < 1.29 is 24.9 Å². The first-order valence-electron chi connectivity index (χ1n) is 5.99. The molecule has 0 aliphatic carbocycles. The Hall–Kier alpha value is -1.73. The van der Waals surface area contributed by atoms with Crippen molar-refractivity contribution in [3.05, 3.63) is 23.8 Å². The largest absolute Gasteiger partial charge is 0.507 e. The topological polar surface area (TPSA) is 99.4 Å². The maximum absolute atomic E-state index is 11.1. The molecule has 0 aromatic heterocycles. The van der Waals surface area contributed by atoms with E-state index in [1.807, 2.05) is 0 Å². The monoisotopic (exact) mass is 297 g/mol. The van der Waals surface area contributed by atoms with Crippen LogP contribution in [0.2, 0.25) is 0 Å². The molecule has 0 spiro atoms. The van der Waals surface area contributed by atoms with Gasteiger partial charge in [0.05, 0.1) is 6.61 Å². The fourth-order valence-corrected chi connectivity index (χ4v) is 2.89. The molecule has 1 atom stereocenters. The van der Waals surface area contributed by atoms with Crippen molar-refractivity contribution in [3.8, 4) is 11.5 Å². The van der Waals surface area contributed by atoms with E-state index >= 15 is 0 Å². The van der Waals surface area contributed by atoms with Gasteiger partial charge in [-0.15, -0.1) is 11.8 Å². The molecule has 1 heterocycles. The van der Waals surface area contributed by atoms with Gasteiger partial charge < -0.3 is 20.1 Å². The van der Waals surface area contributed by atoms with Gasteiger partial charge in [-0.1, -0.05) is 0 Å². The van der Waals surface area contributed by atoms with E-state index in [2.05, 4.69) is 4.99 Å². The van der Waals surface area contributed by atoms with Crippen molar-refractivity contribution in [1.29, 1.82) is 0 Å². The van der Waals surface area contributed by atoms with E-state index in [4.69, 9.17) is 14.9 Å². The molecular weight excluding hydrogens is 282 g/mol. The molecule has 0 saturated carbocycles. The number of aliphatic hydroxyl groups excluding tert-OH is 1. The van der Waals surface area contributed by atoms with Gasteiger partial charge in [-0.2, -0.15) is 0 Å². The first-order valence-corrected chi connectivity index (χ1v) is 6.98. The average molecular weight is 297 g/mol. The summed E-state index contributed by atoms with van der Waals surface area (Å²) >= 11 is 1.30. The Morgan fingerprint density at radius 3 is 2.85 bits per heavy atom. The van der Waals surface area contributed by atoms with Crippen molar-refractivity contribution >= 4 is 22.8 Å². The number of benzene rings is 1. The molecule has 7 heteroatoms. The maximum atomic E-state index is 11.1. The molecular formula is C13H15NO5S. The molecule has 20 heavy (non-hydrogen) atoms. The number of nitrogens with zero attached hydrogens (tertiary/aromatic N) is 1. The van der Waals surface area contributed by atoms with Gasteiger partial charge in [0.15, 0.2) is 5.54 Å². The van der Waals surface area contributed by atoms with Crippen LogP contribution >= 0.6 is 11.8 Å². The number of phenols is 1. The Kier molecular flexibility index (Phi) is 4.20. The van der Waals surface area contributed by atoms with E-state index in [0.717, 1.165) is 0 Å². The summed E-state index contributed by atoms with van der Waals surface area (Å²) < 4.78 is 5.18. The van der Waals surface area contributed by atoms with Crippen LogP contribution in [0.15, 0.2) is 23.2 Å². The van der Waals surface area contributed by atoms with Crippen LogP contribution in [-0.4, -0.2) is 50.8 Å². The van der Waals surface area contributed by atoms with E-state index in [-0.39, 0.29) is 19.0 Å². The van der Waals surface area contributed by atoms with Crippen LogP contribution in [0, 0.1) is 0 Å². The quantitative estimate of drug-likeness (QED) is 0.752. The summed E-state index contributed by atoms with van der Waals surface area (Å²) in [5.41, 5.74) is -0.672. The molecule has 0 bridgehead atoms.